The second kappa shape index (κ2) is 6.12. The van der Waals surface area contributed by atoms with Gasteiger partial charge in [-0.05, 0) is 36.1 Å². The van der Waals surface area contributed by atoms with Gasteiger partial charge in [-0.1, -0.05) is 6.07 Å². The van der Waals surface area contributed by atoms with Crippen molar-refractivity contribution in [2.45, 2.75) is 6.92 Å². The Kier molecular flexibility index (Phi) is 3.77. The maximum absolute atomic E-state index is 11.9. The number of pyridine rings is 1. The van der Waals surface area contributed by atoms with Crippen molar-refractivity contribution in [3.63, 3.8) is 0 Å². The third-order valence-corrected chi connectivity index (χ3v) is 4.66. The van der Waals surface area contributed by atoms with E-state index in [-0.39, 0.29) is 5.56 Å². The van der Waals surface area contributed by atoms with Crippen LogP contribution in [-0.4, -0.2) is 30.7 Å². The third-order valence-electron chi connectivity index (χ3n) is 3.79. The topological polar surface area (TPSA) is 116 Å². The van der Waals surface area contributed by atoms with Crippen LogP contribution in [-0.2, 0) is 0 Å². The number of thiophene rings is 1. The second-order valence-corrected chi connectivity index (χ2v) is 6.57. The average molecular weight is 367 g/mol. The fourth-order valence-electron chi connectivity index (χ4n) is 2.57. The molecule has 0 spiro atoms. The van der Waals surface area contributed by atoms with E-state index in [1.165, 1.54) is 17.6 Å². The number of hydrogen-bond donors (Lipinski definition) is 3. The van der Waals surface area contributed by atoms with Crippen LogP contribution in [0.15, 0.2) is 50.4 Å². The normalized spacial score (nSPS) is 11.6. The van der Waals surface area contributed by atoms with Gasteiger partial charge in [0.1, 0.15) is 16.9 Å². The lowest BCUT2D eigenvalue weighted by Gasteiger charge is -2.00. The zero-order chi connectivity index (χ0) is 18.3. The Morgan fingerprint density at radius 1 is 1.31 bits per heavy atom. The van der Waals surface area contributed by atoms with Crippen LogP contribution >= 0.6 is 11.3 Å². The smallest absolute Gasteiger partial charge is 0.328 e. The zero-order valence-electron chi connectivity index (χ0n) is 13.6. The molecule has 4 aromatic heterocycles. The number of aryl methyl sites for hydroxylation is 1. The molecule has 0 aliphatic heterocycles. The van der Waals surface area contributed by atoms with Crippen molar-refractivity contribution in [1.82, 2.24) is 19.4 Å². The van der Waals surface area contributed by atoms with E-state index in [9.17, 15) is 14.7 Å². The number of hydrogen-bond acceptors (Lipinski definition) is 6. The molecule has 3 N–H and O–H groups in total. The van der Waals surface area contributed by atoms with Crippen LogP contribution < -0.4 is 11.2 Å². The molecule has 0 amide bonds. The SMILES string of the molecule is Cc1ccn2c(N=Cc3c(O)[nH]c(=O)[nH]c3=O)c(-c3cccs3)nc2c1. The lowest BCUT2D eigenvalue weighted by molar-refractivity contribution is 0.447. The van der Waals surface area contributed by atoms with E-state index in [1.807, 2.05) is 42.8 Å². The minimum atomic E-state index is -0.783. The number of rotatable bonds is 3. The van der Waals surface area contributed by atoms with Crippen LogP contribution in [0, 0.1) is 6.92 Å². The minimum absolute atomic E-state index is 0.135. The van der Waals surface area contributed by atoms with Crippen molar-refractivity contribution in [1.29, 1.82) is 0 Å². The zero-order valence-corrected chi connectivity index (χ0v) is 14.4. The van der Waals surface area contributed by atoms with Gasteiger partial charge >= 0.3 is 5.69 Å². The summed E-state index contributed by atoms with van der Waals surface area (Å²) in [5, 5.41) is 11.8. The number of nitrogens with zero attached hydrogens (tertiary/aromatic N) is 3. The van der Waals surface area contributed by atoms with E-state index in [2.05, 4.69) is 19.9 Å². The molecule has 130 valence electrons. The molecule has 4 aromatic rings. The first-order valence-corrected chi connectivity index (χ1v) is 8.53. The quantitative estimate of drug-likeness (QED) is 0.481. The largest absolute Gasteiger partial charge is 0.494 e. The van der Waals surface area contributed by atoms with Crippen LogP contribution in [0.25, 0.3) is 16.2 Å². The first-order chi connectivity index (χ1) is 12.5. The van der Waals surface area contributed by atoms with Gasteiger partial charge in [0.05, 0.1) is 4.88 Å². The number of nitrogens with one attached hydrogen (secondary N) is 2. The molecule has 0 fully saturated rings. The Morgan fingerprint density at radius 2 is 2.15 bits per heavy atom. The molecule has 26 heavy (non-hydrogen) atoms. The number of aliphatic imine (C=N–C) groups is 1. The van der Waals surface area contributed by atoms with Crippen LogP contribution in [0.3, 0.4) is 0 Å². The van der Waals surface area contributed by atoms with E-state index in [0.29, 0.717) is 11.5 Å². The number of imidazole rings is 1. The molecule has 8 nitrogen and oxygen atoms in total. The van der Waals surface area contributed by atoms with E-state index < -0.39 is 17.1 Å². The van der Waals surface area contributed by atoms with Gasteiger partial charge in [0, 0.05) is 12.4 Å². The Balaban J connectivity index is 1.92. The van der Waals surface area contributed by atoms with Crippen molar-refractivity contribution in [2.75, 3.05) is 0 Å². The summed E-state index contributed by atoms with van der Waals surface area (Å²) in [4.78, 5) is 37.2. The van der Waals surface area contributed by atoms with Gasteiger partial charge < -0.3 is 5.11 Å². The fraction of sp³-hybridized carbons (Fsp3) is 0.0588. The summed E-state index contributed by atoms with van der Waals surface area (Å²) in [6, 6.07) is 7.71. The van der Waals surface area contributed by atoms with Crippen LogP contribution in [0.1, 0.15) is 11.1 Å². The molecular formula is C17H13N5O3S. The predicted octanol–water partition coefficient (Wildman–Crippen LogP) is 2.20. The number of aromatic amines is 2. The molecule has 0 saturated carbocycles. The van der Waals surface area contributed by atoms with Crippen LogP contribution in [0.5, 0.6) is 5.88 Å². The lowest BCUT2D eigenvalue weighted by atomic mass is 10.3. The predicted molar refractivity (Wildman–Crippen MR) is 99.8 cm³/mol. The van der Waals surface area contributed by atoms with Crippen molar-refractivity contribution in [3.8, 4) is 16.5 Å². The number of aromatic nitrogens is 4. The molecule has 0 unspecified atom stereocenters. The van der Waals surface area contributed by atoms with Gasteiger partial charge in [-0.15, -0.1) is 11.3 Å². The summed E-state index contributed by atoms with van der Waals surface area (Å²) in [5.41, 5.74) is 0.808. The Bertz CT molecular complexity index is 1250. The van der Waals surface area contributed by atoms with Crippen LogP contribution in [0.4, 0.5) is 5.82 Å². The molecule has 0 aliphatic carbocycles. The molecule has 0 aromatic carbocycles. The fourth-order valence-corrected chi connectivity index (χ4v) is 3.27. The molecule has 4 heterocycles. The van der Waals surface area contributed by atoms with Crippen molar-refractivity contribution in [3.05, 3.63) is 67.8 Å². The molecule has 0 atom stereocenters. The summed E-state index contributed by atoms with van der Waals surface area (Å²) in [6.07, 6.45) is 3.06. The highest BCUT2D eigenvalue weighted by Crippen LogP contribution is 2.34. The maximum Gasteiger partial charge on any atom is 0.328 e. The van der Waals surface area contributed by atoms with Gasteiger partial charge in [0.2, 0.25) is 5.88 Å². The van der Waals surface area contributed by atoms with E-state index in [0.717, 1.165) is 16.1 Å². The molecule has 0 bridgehead atoms. The highest BCUT2D eigenvalue weighted by Gasteiger charge is 2.15. The number of H-pyrrole nitrogens is 2. The highest BCUT2D eigenvalue weighted by molar-refractivity contribution is 7.13. The summed E-state index contributed by atoms with van der Waals surface area (Å²) in [6.45, 7) is 1.97. The van der Waals surface area contributed by atoms with Crippen LogP contribution in [0.2, 0.25) is 0 Å². The van der Waals surface area contributed by atoms with E-state index in [1.54, 1.807) is 4.40 Å². The van der Waals surface area contributed by atoms with Gasteiger partial charge in [-0.2, -0.15) is 0 Å². The molecule has 0 saturated heterocycles. The third kappa shape index (κ3) is 2.74. The summed E-state index contributed by atoms with van der Waals surface area (Å²) >= 11 is 1.53. The minimum Gasteiger partial charge on any atom is -0.494 e. The van der Waals surface area contributed by atoms with Crippen molar-refractivity contribution < 1.29 is 5.11 Å². The second-order valence-electron chi connectivity index (χ2n) is 5.62. The standard InChI is InChI=1S/C17H13N5O3S/c1-9-4-5-22-12(7-9)19-13(11-3-2-6-26-11)14(22)18-8-10-15(23)20-17(25)21-16(10)24/h2-8H,1H3,(H3,20,21,23,24,25). The van der Waals surface area contributed by atoms with Crippen molar-refractivity contribution in [2.24, 2.45) is 4.99 Å². The van der Waals surface area contributed by atoms with Gasteiger partial charge in [0.25, 0.3) is 5.56 Å². The highest BCUT2D eigenvalue weighted by atomic mass is 32.1. The monoisotopic (exact) mass is 367 g/mol. The Hall–Kier alpha value is -3.46. The molecular weight excluding hydrogens is 354 g/mol. The Morgan fingerprint density at radius 3 is 2.88 bits per heavy atom. The summed E-state index contributed by atoms with van der Waals surface area (Å²) < 4.78 is 1.80. The molecule has 9 heteroatoms. The number of aromatic hydroxyl groups is 1. The van der Waals surface area contributed by atoms with Gasteiger partial charge in [0.15, 0.2) is 5.82 Å². The molecule has 0 radical (unpaired) electrons. The Labute approximate surface area is 150 Å². The lowest BCUT2D eigenvalue weighted by Crippen LogP contribution is -2.24. The average Bonchev–Trinajstić information content (AvgIpc) is 3.21. The summed E-state index contributed by atoms with van der Waals surface area (Å²) in [5.74, 6) is -0.0164. The first kappa shape index (κ1) is 16.0. The number of fused-ring (bicyclic) bond motifs is 1. The molecule has 4 rings (SSSR count). The van der Waals surface area contributed by atoms with E-state index >= 15 is 0 Å². The summed E-state index contributed by atoms with van der Waals surface area (Å²) in [7, 11) is 0. The molecule has 0 aliphatic rings. The van der Waals surface area contributed by atoms with Gasteiger partial charge in [-0.3, -0.25) is 19.2 Å². The van der Waals surface area contributed by atoms with E-state index in [4.69, 9.17) is 0 Å². The first-order valence-electron chi connectivity index (χ1n) is 7.65. The van der Waals surface area contributed by atoms with Crippen molar-refractivity contribution >= 4 is 29.0 Å². The maximum atomic E-state index is 11.9. The van der Waals surface area contributed by atoms with Gasteiger partial charge in [-0.25, -0.2) is 14.8 Å².